The van der Waals surface area contributed by atoms with E-state index in [2.05, 4.69) is 6.07 Å². The molecule has 2 bridgehead atoms. The van der Waals surface area contributed by atoms with Crippen molar-refractivity contribution in [2.45, 2.75) is 38.0 Å². The van der Waals surface area contributed by atoms with Crippen molar-refractivity contribution in [3.8, 4) is 0 Å². The number of hydrogen-bond donors (Lipinski definition) is 0. The second kappa shape index (κ2) is 6.54. The van der Waals surface area contributed by atoms with Gasteiger partial charge in [-0.15, -0.1) is 0 Å². The molecule has 2 aromatic carbocycles. The van der Waals surface area contributed by atoms with Crippen LogP contribution in [0.3, 0.4) is 0 Å². The van der Waals surface area contributed by atoms with Gasteiger partial charge in [0.2, 0.25) is 0 Å². The van der Waals surface area contributed by atoms with E-state index < -0.39 is 0 Å². The molecule has 1 aliphatic heterocycles. The van der Waals surface area contributed by atoms with Gasteiger partial charge >= 0.3 is 0 Å². The van der Waals surface area contributed by atoms with Gasteiger partial charge in [0.25, 0.3) is 5.91 Å². The van der Waals surface area contributed by atoms with Crippen molar-refractivity contribution < 1.29 is 14.3 Å². The van der Waals surface area contributed by atoms with E-state index in [1.807, 2.05) is 48.2 Å². The quantitative estimate of drug-likeness (QED) is 0.869. The van der Waals surface area contributed by atoms with Crippen LogP contribution >= 0.6 is 0 Å². The fourth-order valence-electron chi connectivity index (χ4n) is 4.04. The van der Waals surface area contributed by atoms with Crippen molar-refractivity contribution in [1.82, 2.24) is 4.90 Å². The number of carbonyl (C=O) groups is 1. The largest absolute Gasteiger partial charge is 0.374 e. The first-order chi connectivity index (χ1) is 11.8. The first kappa shape index (κ1) is 15.6. The summed E-state index contributed by atoms with van der Waals surface area (Å²) < 4.78 is 11.8. The molecule has 1 saturated carbocycles. The minimum Gasteiger partial charge on any atom is -0.374 e. The zero-order valence-electron chi connectivity index (χ0n) is 14.0. The summed E-state index contributed by atoms with van der Waals surface area (Å²) in [5, 5.41) is 2.25. The van der Waals surface area contributed by atoms with Crippen molar-refractivity contribution >= 4 is 16.7 Å². The highest BCUT2D eigenvalue weighted by Crippen LogP contribution is 2.33. The second-order valence-electron chi connectivity index (χ2n) is 6.53. The summed E-state index contributed by atoms with van der Waals surface area (Å²) in [5.74, 6) is 0.0848. The SMILES string of the molecule is CCO[C@H]1[C@H]2CC[C@H]1OCCN2C(=O)c1ccc2ccccc2c1. The van der Waals surface area contributed by atoms with Gasteiger partial charge in [-0.25, -0.2) is 0 Å². The van der Waals surface area contributed by atoms with E-state index in [4.69, 9.17) is 9.47 Å². The first-order valence-corrected chi connectivity index (χ1v) is 8.81. The fraction of sp³-hybridized carbons (Fsp3) is 0.450. The lowest BCUT2D eigenvalue weighted by atomic mass is 10.0. The van der Waals surface area contributed by atoms with Crippen LogP contribution in [0.15, 0.2) is 42.5 Å². The minimum atomic E-state index is 0.00177. The van der Waals surface area contributed by atoms with Gasteiger partial charge in [-0.1, -0.05) is 30.3 Å². The molecule has 4 rings (SSSR count). The predicted octanol–water partition coefficient (Wildman–Crippen LogP) is 3.25. The fourth-order valence-corrected chi connectivity index (χ4v) is 4.04. The van der Waals surface area contributed by atoms with Crippen LogP contribution in [0.2, 0.25) is 0 Å². The van der Waals surface area contributed by atoms with E-state index in [1.54, 1.807) is 0 Å². The molecule has 0 spiro atoms. The summed E-state index contributed by atoms with van der Waals surface area (Å²) in [6, 6.07) is 14.2. The third-order valence-corrected chi connectivity index (χ3v) is 5.17. The Hall–Kier alpha value is -1.91. The average Bonchev–Trinajstić information content (AvgIpc) is 2.90. The molecule has 1 heterocycles. The van der Waals surface area contributed by atoms with E-state index in [0.717, 1.165) is 29.2 Å². The first-order valence-electron chi connectivity index (χ1n) is 8.81. The Morgan fingerprint density at radius 3 is 2.88 bits per heavy atom. The Morgan fingerprint density at radius 2 is 2.04 bits per heavy atom. The normalized spacial score (nSPS) is 26.5. The van der Waals surface area contributed by atoms with Crippen molar-refractivity contribution in [2.24, 2.45) is 0 Å². The van der Waals surface area contributed by atoms with Gasteiger partial charge in [-0.2, -0.15) is 0 Å². The Balaban J connectivity index is 1.64. The lowest BCUT2D eigenvalue weighted by Gasteiger charge is -2.31. The molecule has 0 aromatic heterocycles. The van der Waals surface area contributed by atoms with E-state index >= 15 is 0 Å². The van der Waals surface area contributed by atoms with E-state index in [-0.39, 0.29) is 24.2 Å². The van der Waals surface area contributed by atoms with Gasteiger partial charge in [-0.05, 0) is 42.7 Å². The van der Waals surface area contributed by atoms with Gasteiger partial charge in [0.05, 0.1) is 18.8 Å². The lowest BCUT2D eigenvalue weighted by Crippen LogP contribution is -2.46. The summed E-state index contributed by atoms with van der Waals surface area (Å²) >= 11 is 0. The second-order valence-corrected chi connectivity index (χ2v) is 6.53. The summed E-state index contributed by atoms with van der Waals surface area (Å²) in [7, 11) is 0. The number of carbonyl (C=O) groups excluding carboxylic acids is 1. The number of amides is 1. The van der Waals surface area contributed by atoms with Crippen molar-refractivity contribution in [1.29, 1.82) is 0 Å². The zero-order valence-corrected chi connectivity index (χ0v) is 14.0. The number of rotatable bonds is 3. The third-order valence-electron chi connectivity index (χ3n) is 5.17. The monoisotopic (exact) mass is 325 g/mol. The molecule has 0 radical (unpaired) electrons. The number of nitrogens with zero attached hydrogens (tertiary/aromatic N) is 1. The predicted molar refractivity (Wildman–Crippen MR) is 93.2 cm³/mol. The maximum absolute atomic E-state index is 13.1. The highest BCUT2D eigenvalue weighted by molar-refractivity contribution is 5.98. The van der Waals surface area contributed by atoms with Gasteiger partial charge in [0.1, 0.15) is 6.10 Å². The number of benzene rings is 2. The molecule has 1 aliphatic carbocycles. The Kier molecular flexibility index (Phi) is 4.25. The summed E-state index contributed by atoms with van der Waals surface area (Å²) in [6.45, 7) is 3.87. The third kappa shape index (κ3) is 2.70. The van der Waals surface area contributed by atoms with Crippen molar-refractivity contribution in [3.63, 3.8) is 0 Å². The lowest BCUT2D eigenvalue weighted by molar-refractivity contribution is -0.0484. The number of hydrogen-bond acceptors (Lipinski definition) is 3. The Labute approximate surface area is 142 Å². The van der Waals surface area contributed by atoms with Crippen molar-refractivity contribution in [2.75, 3.05) is 19.8 Å². The molecular weight excluding hydrogens is 302 g/mol. The van der Waals surface area contributed by atoms with E-state index in [1.165, 1.54) is 0 Å². The molecule has 24 heavy (non-hydrogen) atoms. The molecule has 1 saturated heterocycles. The standard InChI is InChI=1S/C20H23NO3/c1-2-23-19-17-9-10-18(19)24-12-11-21(17)20(22)16-8-7-14-5-3-4-6-15(14)13-16/h3-8,13,17-19H,2,9-12H2,1H3/t17-,18-,19+/m1/s1. The van der Waals surface area contributed by atoms with Crippen LogP contribution in [-0.2, 0) is 9.47 Å². The Bertz CT molecular complexity index is 744. The van der Waals surface area contributed by atoms with E-state index in [9.17, 15) is 4.79 Å². The van der Waals surface area contributed by atoms with Crippen LogP contribution in [0, 0.1) is 0 Å². The number of fused-ring (bicyclic) bond motifs is 3. The topological polar surface area (TPSA) is 38.8 Å². The molecular formula is C20H23NO3. The molecule has 126 valence electrons. The average molecular weight is 325 g/mol. The van der Waals surface area contributed by atoms with Crippen LogP contribution in [0.4, 0.5) is 0 Å². The molecule has 2 aliphatic rings. The smallest absolute Gasteiger partial charge is 0.254 e. The van der Waals surface area contributed by atoms with Crippen LogP contribution in [0.25, 0.3) is 10.8 Å². The van der Waals surface area contributed by atoms with Gasteiger partial charge in [0, 0.05) is 18.7 Å². The Morgan fingerprint density at radius 1 is 1.21 bits per heavy atom. The molecule has 4 nitrogen and oxygen atoms in total. The molecule has 2 fully saturated rings. The number of ether oxygens (including phenoxy) is 2. The van der Waals surface area contributed by atoms with E-state index in [0.29, 0.717) is 19.8 Å². The zero-order chi connectivity index (χ0) is 16.5. The molecule has 0 unspecified atom stereocenters. The van der Waals surface area contributed by atoms with Gasteiger partial charge in [-0.3, -0.25) is 4.79 Å². The van der Waals surface area contributed by atoms with Crippen molar-refractivity contribution in [3.05, 3.63) is 48.0 Å². The highest BCUT2D eigenvalue weighted by atomic mass is 16.5. The van der Waals surface area contributed by atoms with Crippen LogP contribution in [0.5, 0.6) is 0 Å². The summed E-state index contributed by atoms with van der Waals surface area (Å²) in [6.07, 6.45) is 2.05. The molecule has 1 amide bonds. The molecule has 2 aromatic rings. The summed E-state index contributed by atoms with van der Waals surface area (Å²) in [5.41, 5.74) is 0.745. The minimum absolute atomic E-state index is 0.00177. The van der Waals surface area contributed by atoms with Gasteiger partial charge < -0.3 is 14.4 Å². The molecule has 3 atom stereocenters. The maximum atomic E-state index is 13.1. The van der Waals surface area contributed by atoms with Crippen LogP contribution in [-0.4, -0.2) is 48.8 Å². The molecule has 0 N–H and O–H groups in total. The van der Waals surface area contributed by atoms with Crippen LogP contribution in [0.1, 0.15) is 30.1 Å². The van der Waals surface area contributed by atoms with Gasteiger partial charge in [0.15, 0.2) is 0 Å². The highest BCUT2D eigenvalue weighted by Gasteiger charge is 2.44. The van der Waals surface area contributed by atoms with Crippen LogP contribution < -0.4 is 0 Å². The summed E-state index contributed by atoms with van der Waals surface area (Å²) in [4.78, 5) is 15.1. The molecule has 4 heteroatoms. The maximum Gasteiger partial charge on any atom is 0.254 e.